The van der Waals surface area contributed by atoms with Gasteiger partial charge in [0.2, 0.25) is 0 Å². The number of benzene rings is 12. The van der Waals surface area contributed by atoms with Gasteiger partial charge >= 0.3 is 0 Å². The van der Waals surface area contributed by atoms with Crippen molar-refractivity contribution in [2.75, 3.05) is 0 Å². The molecule has 2 heterocycles. The summed E-state index contributed by atoms with van der Waals surface area (Å²) >= 11 is 0. The highest BCUT2D eigenvalue weighted by Crippen LogP contribution is 2.53. The molecule has 12 aromatic carbocycles. The summed E-state index contributed by atoms with van der Waals surface area (Å²) in [5.74, 6) is 0. The number of hydrogen-bond acceptors (Lipinski definition) is 2. The molecule has 0 fully saturated rings. The highest BCUT2D eigenvalue weighted by Gasteiger charge is 2.27. The van der Waals surface area contributed by atoms with Crippen molar-refractivity contribution in [1.82, 2.24) is 0 Å². The Morgan fingerprint density at radius 2 is 0.641 bits per heavy atom. The molecule has 0 spiro atoms. The van der Waals surface area contributed by atoms with Crippen molar-refractivity contribution in [2.45, 2.75) is 0 Å². The lowest BCUT2D eigenvalue weighted by molar-refractivity contribution is 0.670. The molecule has 0 saturated heterocycles. The predicted octanol–water partition coefficient (Wildman–Crippen LogP) is 17.9. The molecule has 0 bridgehead atoms. The van der Waals surface area contributed by atoms with Crippen molar-refractivity contribution in [3.8, 4) is 44.5 Å². The summed E-state index contributed by atoms with van der Waals surface area (Å²) in [5, 5.41) is 13.8. The third kappa shape index (κ3) is 4.91. The molecule has 14 aromatic rings. The second kappa shape index (κ2) is 13.5. The standard InChI is InChI=1S/C62H36O2/c1-3-19-37(20-4-1)54-40-23-7-11-27-44(40)57(45-28-12-8-24-41(45)54)50-35-39-36-51(58-46-29-13-9-25-42(46)55(38-21-5-2-6-22-38)43-26-10-14-30-47(43)58)62-60(49-32-16-18-34-53(49)64-62)56(39)59-48-31-15-17-33-52(48)63-61(50)59/h1-36H/i1D,3D,4D,19D,20D. The zero-order chi connectivity index (χ0) is 46.2. The van der Waals surface area contributed by atoms with E-state index in [1.807, 2.05) is 60.7 Å². The number of fused-ring (bicyclic) bond motifs is 13. The van der Waals surface area contributed by atoms with Gasteiger partial charge in [0.15, 0.2) is 0 Å². The van der Waals surface area contributed by atoms with Crippen LogP contribution in [0, 0.1) is 0 Å². The van der Waals surface area contributed by atoms with Crippen LogP contribution in [-0.2, 0) is 0 Å². The van der Waals surface area contributed by atoms with Crippen LogP contribution in [0.15, 0.2) is 227 Å². The molecule has 0 N–H and O–H groups in total. The van der Waals surface area contributed by atoms with Crippen molar-refractivity contribution in [3.63, 3.8) is 0 Å². The number of hydrogen-bond donors (Lipinski definition) is 0. The molecule has 0 aliphatic rings. The van der Waals surface area contributed by atoms with Gasteiger partial charge in [-0.15, -0.1) is 0 Å². The summed E-state index contributed by atoms with van der Waals surface area (Å²) in [5.41, 5.74) is 10.0. The second-order valence-corrected chi connectivity index (χ2v) is 16.6. The lowest BCUT2D eigenvalue weighted by Gasteiger charge is -2.20. The molecule has 0 atom stereocenters. The van der Waals surface area contributed by atoms with Crippen LogP contribution in [0.2, 0.25) is 0 Å². The Labute approximate surface area is 374 Å². The number of furan rings is 2. The van der Waals surface area contributed by atoms with E-state index < -0.39 is 6.04 Å². The Balaban J connectivity index is 1.19. The maximum atomic E-state index is 9.16. The van der Waals surface area contributed by atoms with E-state index >= 15 is 0 Å². The van der Waals surface area contributed by atoms with Crippen LogP contribution in [0.25, 0.3) is 142 Å². The Morgan fingerprint density at radius 1 is 0.297 bits per heavy atom. The third-order valence-electron chi connectivity index (χ3n) is 13.3. The molecular weight excluding hydrogens is 777 g/mol. The lowest BCUT2D eigenvalue weighted by atomic mass is 9.83. The minimum Gasteiger partial charge on any atom is -0.455 e. The third-order valence-corrected chi connectivity index (χ3v) is 13.3. The molecule has 64 heavy (non-hydrogen) atoms. The first-order chi connectivity index (χ1) is 33.9. The SMILES string of the molecule is [2H]c1c([2H])c([2H])c(-c2c3ccccc3c(-c3cc4cc(-c5c6ccccc6c(-c6ccccc6)c6ccccc56)c5oc6ccccc6c5c4c4c3oc3ccccc34)c3ccccc23)c([2H])c1[2H]. The van der Waals surface area contributed by atoms with Gasteiger partial charge < -0.3 is 8.83 Å². The zero-order valence-electron chi connectivity index (χ0n) is 39.2. The van der Waals surface area contributed by atoms with E-state index in [4.69, 9.17) is 15.7 Å². The Kier molecular flexibility index (Phi) is 6.45. The quantitative estimate of drug-likeness (QED) is 0.165. The first-order valence-electron chi connectivity index (χ1n) is 24.1. The largest absolute Gasteiger partial charge is 0.455 e. The topological polar surface area (TPSA) is 26.3 Å². The van der Waals surface area contributed by atoms with Crippen molar-refractivity contribution in [1.29, 1.82) is 0 Å². The number of para-hydroxylation sites is 2. The smallest absolute Gasteiger partial charge is 0.143 e. The van der Waals surface area contributed by atoms with Crippen LogP contribution in [0.5, 0.6) is 0 Å². The zero-order valence-corrected chi connectivity index (χ0v) is 34.2. The highest BCUT2D eigenvalue weighted by atomic mass is 16.3. The molecule has 0 radical (unpaired) electrons. The maximum absolute atomic E-state index is 9.16. The minimum absolute atomic E-state index is 0.170. The van der Waals surface area contributed by atoms with Gasteiger partial charge in [-0.25, -0.2) is 0 Å². The fourth-order valence-corrected chi connectivity index (χ4v) is 10.8. The van der Waals surface area contributed by atoms with E-state index in [1.54, 1.807) is 0 Å². The van der Waals surface area contributed by atoms with Crippen LogP contribution in [0.3, 0.4) is 0 Å². The molecular formula is C62H36O2. The summed E-state index contributed by atoms with van der Waals surface area (Å²) < 4.78 is 58.4. The summed E-state index contributed by atoms with van der Waals surface area (Å²) in [6.07, 6.45) is 0. The molecule has 0 aliphatic carbocycles. The van der Waals surface area contributed by atoms with Gasteiger partial charge in [0, 0.05) is 49.2 Å². The van der Waals surface area contributed by atoms with Crippen molar-refractivity contribution in [2.24, 2.45) is 0 Å². The van der Waals surface area contributed by atoms with Gasteiger partial charge in [0.25, 0.3) is 0 Å². The molecule has 296 valence electrons. The van der Waals surface area contributed by atoms with Crippen LogP contribution in [0.1, 0.15) is 6.85 Å². The van der Waals surface area contributed by atoms with Crippen LogP contribution < -0.4 is 0 Å². The molecule has 0 saturated carbocycles. The summed E-state index contributed by atoms with van der Waals surface area (Å²) in [6, 6.07) is 63.5. The monoisotopic (exact) mass is 817 g/mol. The molecule has 14 rings (SSSR count). The fraction of sp³-hybridized carbons (Fsp3) is 0. The Bertz CT molecular complexity index is 4400. The predicted molar refractivity (Wildman–Crippen MR) is 270 cm³/mol. The summed E-state index contributed by atoms with van der Waals surface area (Å²) in [6.45, 7) is 0. The number of rotatable bonds is 4. The van der Waals surface area contributed by atoms with E-state index in [1.165, 1.54) is 5.56 Å². The average Bonchev–Trinajstić information content (AvgIpc) is 3.99. The minimum atomic E-state index is -0.422. The van der Waals surface area contributed by atoms with Gasteiger partial charge in [0.05, 0.1) is 6.85 Å². The summed E-state index contributed by atoms with van der Waals surface area (Å²) in [7, 11) is 0. The second-order valence-electron chi connectivity index (χ2n) is 16.6. The van der Waals surface area contributed by atoms with Crippen molar-refractivity contribution >= 4 is 97.7 Å². The first-order valence-corrected chi connectivity index (χ1v) is 21.6. The van der Waals surface area contributed by atoms with Gasteiger partial charge in [-0.05, 0) is 95.0 Å². The van der Waals surface area contributed by atoms with E-state index in [2.05, 4.69) is 127 Å². The van der Waals surface area contributed by atoms with Crippen LogP contribution in [-0.4, -0.2) is 0 Å². The summed E-state index contributed by atoms with van der Waals surface area (Å²) in [4.78, 5) is 0. The highest BCUT2D eigenvalue weighted by molar-refractivity contribution is 6.37. The van der Waals surface area contributed by atoms with Crippen molar-refractivity contribution < 1.29 is 15.7 Å². The van der Waals surface area contributed by atoms with Gasteiger partial charge in [-0.3, -0.25) is 0 Å². The molecule has 0 aliphatic heterocycles. The van der Waals surface area contributed by atoms with E-state index in [0.717, 1.165) is 126 Å². The molecule has 0 unspecified atom stereocenters. The van der Waals surface area contributed by atoms with E-state index in [-0.39, 0.29) is 29.7 Å². The van der Waals surface area contributed by atoms with Crippen LogP contribution >= 0.6 is 0 Å². The Hall–Kier alpha value is -8.46. The first kappa shape index (κ1) is 30.5. The normalized spacial score (nSPS) is 13.2. The van der Waals surface area contributed by atoms with Crippen LogP contribution in [0.4, 0.5) is 0 Å². The van der Waals surface area contributed by atoms with E-state index in [0.29, 0.717) is 5.56 Å². The maximum Gasteiger partial charge on any atom is 0.143 e. The molecule has 2 nitrogen and oxygen atoms in total. The van der Waals surface area contributed by atoms with E-state index in [9.17, 15) is 0 Å². The van der Waals surface area contributed by atoms with Gasteiger partial charge in [-0.1, -0.05) is 194 Å². The molecule has 0 amide bonds. The van der Waals surface area contributed by atoms with Crippen molar-refractivity contribution in [3.05, 3.63) is 218 Å². The fourth-order valence-electron chi connectivity index (χ4n) is 10.8. The Morgan fingerprint density at radius 3 is 1.06 bits per heavy atom. The molecule has 2 heteroatoms. The molecule has 2 aromatic heterocycles. The lowest BCUT2D eigenvalue weighted by Crippen LogP contribution is -1.93. The van der Waals surface area contributed by atoms with Gasteiger partial charge in [0.1, 0.15) is 22.3 Å². The average molecular weight is 818 g/mol. The van der Waals surface area contributed by atoms with Gasteiger partial charge in [-0.2, -0.15) is 0 Å².